The van der Waals surface area contributed by atoms with E-state index >= 15 is 0 Å². The van der Waals surface area contributed by atoms with Crippen molar-refractivity contribution in [3.63, 3.8) is 0 Å². The third kappa shape index (κ3) is 3.94. The molecule has 0 aliphatic carbocycles. The van der Waals surface area contributed by atoms with Crippen LogP contribution in [0, 0.1) is 0 Å². The molecule has 26 heavy (non-hydrogen) atoms. The van der Waals surface area contributed by atoms with Crippen molar-refractivity contribution in [2.75, 3.05) is 19.0 Å². The number of aromatic amines is 2. The molecule has 0 fully saturated rings. The zero-order valence-electron chi connectivity index (χ0n) is 14.5. The number of allylic oxidation sites excluding steroid dienone is 1. The van der Waals surface area contributed by atoms with Gasteiger partial charge in [-0.25, -0.2) is 4.79 Å². The minimum atomic E-state index is -0.318. The van der Waals surface area contributed by atoms with Gasteiger partial charge in [0.25, 0.3) is 5.91 Å². The number of H-pyrrole nitrogens is 2. The summed E-state index contributed by atoms with van der Waals surface area (Å²) < 4.78 is 10.9. The Morgan fingerprint density at radius 3 is 2.69 bits per heavy atom. The minimum Gasteiger partial charge on any atom is -0.493 e. The van der Waals surface area contributed by atoms with Gasteiger partial charge in [-0.15, -0.1) is 0 Å². The number of ether oxygens (including phenoxy) is 2. The van der Waals surface area contributed by atoms with Crippen LogP contribution in [0.4, 0.5) is 5.69 Å². The van der Waals surface area contributed by atoms with Crippen molar-refractivity contribution in [2.24, 2.45) is 0 Å². The first-order valence-electron chi connectivity index (χ1n) is 8.04. The summed E-state index contributed by atoms with van der Waals surface area (Å²) in [6.45, 7) is 1.77. The van der Waals surface area contributed by atoms with E-state index in [-0.39, 0.29) is 18.2 Å². The fourth-order valence-corrected chi connectivity index (χ4v) is 2.55. The molecule has 1 amide bonds. The molecule has 1 heterocycles. The summed E-state index contributed by atoms with van der Waals surface area (Å²) in [4.78, 5) is 28.7. The predicted octanol–water partition coefficient (Wildman–Crippen LogP) is 2.92. The van der Waals surface area contributed by atoms with E-state index < -0.39 is 0 Å². The van der Waals surface area contributed by atoms with Crippen LogP contribution < -0.4 is 20.5 Å². The molecule has 0 saturated carbocycles. The fourth-order valence-electron chi connectivity index (χ4n) is 2.55. The molecule has 7 nitrogen and oxygen atoms in total. The molecule has 3 N–H and O–H groups in total. The smallest absolute Gasteiger partial charge is 0.323 e. The van der Waals surface area contributed by atoms with E-state index in [0.717, 1.165) is 5.56 Å². The molecule has 1 aromatic heterocycles. The van der Waals surface area contributed by atoms with Gasteiger partial charge in [-0.3, -0.25) is 4.79 Å². The number of methoxy groups -OCH3 is 1. The van der Waals surface area contributed by atoms with Gasteiger partial charge >= 0.3 is 5.69 Å². The molecule has 0 aliphatic rings. The van der Waals surface area contributed by atoms with Crippen molar-refractivity contribution >= 4 is 28.7 Å². The topological polar surface area (TPSA) is 96.2 Å². The number of rotatable bonds is 6. The lowest BCUT2D eigenvalue weighted by molar-refractivity contribution is -0.118. The molecule has 0 aliphatic heterocycles. The molecule has 0 radical (unpaired) electrons. The maximum Gasteiger partial charge on any atom is 0.323 e. The first-order valence-corrected chi connectivity index (χ1v) is 8.04. The molecule has 0 atom stereocenters. The Morgan fingerprint density at radius 2 is 1.92 bits per heavy atom. The number of nitrogens with one attached hydrogen (secondary N) is 3. The Hall–Kier alpha value is -3.48. The monoisotopic (exact) mass is 353 g/mol. The Morgan fingerprint density at radius 1 is 1.12 bits per heavy atom. The molecule has 0 bridgehead atoms. The van der Waals surface area contributed by atoms with Crippen molar-refractivity contribution < 1.29 is 14.3 Å². The average molecular weight is 353 g/mol. The van der Waals surface area contributed by atoms with Crippen LogP contribution in [-0.2, 0) is 4.79 Å². The predicted molar refractivity (Wildman–Crippen MR) is 101 cm³/mol. The van der Waals surface area contributed by atoms with Crippen molar-refractivity contribution in [3.05, 3.63) is 58.5 Å². The minimum absolute atomic E-state index is 0.166. The summed E-state index contributed by atoms with van der Waals surface area (Å²) in [5.41, 5.74) is 2.55. The third-order valence-electron chi connectivity index (χ3n) is 3.71. The summed E-state index contributed by atoms with van der Waals surface area (Å²) in [5.74, 6) is 0.725. The number of aromatic nitrogens is 2. The van der Waals surface area contributed by atoms with Gasteiger partial charge in [-0.1, -0.05) is 18.2 Å². The zero-order valence-corrected chi connectivity index (χ0v) is 14.5. The van der Waals surface area contributed by atoms with Crippen LogP contribution in [0.5, 0.6) is 11.5 Å². The van der Waals surface area contributed by atoms with Crippen molar-refractivity contribution in [1.29, 1.82) is 0 Å². The SMILES string of the molecule is C/C=C/c1ccc(OCC(=O)Nc2ccc3[nH]c(=O)[nH]c3c2)c(OC)c1. The molecular formula is C19H19N3O4. The highest BCUT2D eigenvalue weighted by atomic mass is 16.5. The first-order chi connectivity index (χ1) is 12.6. The van der Waals surface area contributed by atoms with Gasteiger partial charge in [0, 0.05) is 5.69 Å². The van der Waals surface area contributed by atoms with Crippen LogP contribution >= 0.6 is 0 Å². The maximum atomic E-state index is 12.1. The number of imidazole rings is 1. The number of carbonyl (C=O) groups is 1. The summed E-state index contributed by atoms with van der Waals surface area (Å²) in [7, 11) is 1.55. The van der Waals surface area contributed by atoms with Gasteiger partial charge in [-0.2, -0.15) is 0 Å². The van der Waals surface area contributed by atoms with Crippen molar-refractivity contribution in [3.8, 4) is 11.5 Å². The second-order valence-electron chi connectivity index (χ2n) is 5.59. The lowest BCUT2D eigenvalue weighted by Gasteiger charge is -2.11. The highest BCUT2D eigenvalue weighted by molar-refractivity contribution is 5.93. The van der Waals surface area contributed by atoms with E-state index in [9.17, 15) is 9.59 Å². The van der Waals surface area contributed by atoms with Crippen LogP contribution in [0.2, 0.25) is 0 Å². The van der Waals surface area contributed by atoms with Gasteiger partial charge in [0.2, 0.25) is 0 Å². The Kier molecular flexibility index (Phi) is 5.07. The van der Waals surface area contributed by atoms with E-state index in [1.54, 1.807) is 31.4 Å². The number of benzene rings is 2. The van der Waals surface area contributed by atoms with Crippen molar-refractivity contribution in [1.82, 2.24) is 9.97 Å². The van der Waals surface area contributed by atoms with Crippen molar-refractivity contribution in [2.45, 2.75) is 6.92 Å². The Bertz CT molecular complexity index is 1020. The maximum absolute atomic E-state index is 12.1. The van der Waals surface area contributed by atoms with Gasteiger partial charge < -0.3 is 24.8 Å². The van der Waals surface area contributed by atoms with Crippen LogP contribution in [0.25, 0.3) is 17.1 Å². The lowest BCUT2D eigenvalue weighted by atomic mass is 10.2. The highest BCUT2D eigenvalue weighted by Crippen LogP contribution is 2.28. The largest absolute Gasteiger partial charge is 0.493 e. The Labute approximate surface area is 149 Å². The Balaban J connectivity index is 1.65. The molecule has 7 heteroatoms. The number of hydrogen-bond acceptors (Lipinski definition) is 4. The molecule has 3 aromatic rings. The third-order valence-corrected chi connectivity index (χ3v) is 3.71. The second kappa shape index (κ2) is 7.60. The van der Waals surface area contributed by atoms with E-state index in [2.05, 4.69) is 15.3 Å². The van der Waals surface area contributed by atoms with E-state index in [1.165, 1.54) is 0 Å². The summed E-state index contributed by atoms with van der Waals surface area (Å²) >= 11 is 0. The number of hydrogen-bond donors (Lipinski definition) is 3. The van der Waals surface area contributed by atoms with Gasteiger partial charge in [0.05, 0.1) is 18.1 Å². The highest BCUT2D eigenvalue weighted by Gasteiger charge is 2.09. The quantitative estimate of drug-likeness (QED) is 0.635. The van der Waals surface area contributed by atoms with Crippen LogP contribution in [0.1, 0.15) is 12.5 Å². The summed E-state index contributed by atoms with van der Waals surface area (Å²) in [5, 5.41) is 2.73. The summed E-state index contributed by atoms with van der Waals surface area (Å²) in [6, 6.07) is 10.6. The molecule has 0 unspecified atom stereocenters. The standard InChI is InChI=1S/C19H19N3O4/c1-3-4-12-5-8-16(17(9-12)25-2)26-11-18(23)20-13-6-7-14-15(10-13)22-19(24)21-14/h3-10H,11H2,1-2H3,(H,20,23)(H2,21,22,24)/b4-3+. The first kappa shape index (κ1) is 17.3. The van der Waals surface area contributed by atoms with Crippen LogP contribution in [-0.4, -0.2) is 29.6 Å². The number of fused-ring (bicyclic) bond motifs is 1. The molecule has 0 saturated heterocycles. The number of anilines is 1. The van der Waals surface area contributed by atoms with Crippen LogP contribution in [0.3, 0.4) is 0 Å². The van der Waals surface area contributed by atoms with Gasteiger partial charge in [0.1, 0.15) is 0 Å². The number of carbonyl (C=O) groups excluding carboxylic acids is 1. The fraction of sp³-hybridized carbons (Fsp3) is 0.158. The normalized spacial score (nSPS) is 11.0. The molecule has 2 aromatic carbocycles. The number of amides is 1. The van der Waals surface area contributed by atoms with E-state index in [0.29, 0.717) is 28.2 Å². The van der Waals surface area contributed by atoms with E-state index in [4.69, 9.17) is 9.47 Å². The summed E-state index contributed by atoms with van der Waals surface area (Å²) in [6.07, 6.45) is 3.87. The van der Waals surface area contributed by atoms with Gasteiger partial charge in [-0.05, 0) is 42.8 Å². The average Bonchev–Trinajstić information content (AvgIpc) is 3.00. The van der Waals surface area contributed by atoms with Gasteiger partial charge in [0.15, 0.2) is 18.1 Å². The van der Waals surface area contributed by atoms with Crippen LogP contribution in [0.15, 0.2) is 47.3 Å². The molecule has 3 rings (SSSR count). The zero-order chi connectivity index (χ0) is 18.5. The molecule has 0 spiro atoms. The lowest BCUT2D eigenvalue weighted by Crippen LogP contribution is -2.20. The molecule has 134 valence electrons. The van der Waals surface area contributed by atoms with E-state index in [1.807, 2.05) is 31.2 Å². The second-order valence-corrected chi connectivity index (χ2v) is 5.59. The molecular weight excluding hydrogens is 334 g/mol.